The zero-order valence-corrected chi connectivity index (χ0v) is 10.3. The van der Waals surface area contributed by atoms with E-state index in [2.05, 4.69) is 4.98 Å². The van der Waals surface area contributed by atoms with Gasteiger partial charge in [0.15, 0.2) is 10.6 Å². The molecule has 1 N–H and O–H groups in total. The second-order valence-electron chi connectivity index (χ2n) is 4.09. The van der Waals surface area contributed by atoms with Crippen LogP contribution in [0.2, 0.25) is 0 Å². The molecule has 1 aliphatic rings. The summed E-state index contributed by atoms with van der Waals surface area (Å²) in [7, 11) is 0. The molecule has 7 heteroatoms. The first-order chi connectivity index (χ1) is 8.66. The van der Waals surface area contributed by atoms with E-state index in [-0.39, 0.29) is 5.52 Å². The van der Waals surface area contributed by atoms with Crippen LogP contribution < -0.4 is 5.01 Å². The van der Waals surface area contributed by atoms with Crippen molar-refractivity contribution in [3.8, 4) is 0 Å². The van der Waals surface area contributed by atoms with Crippen LogP contribution in [0.25, 0.3) is 11.0 Å². The number of benzene rings is 1. The molecule has 2 heterocycles. The smallest absolute Gasteiger partial charge is 0.197 e. The first kappa shape index (κ1) is 11.6. The van der Waals surface area contributed by atoms with Crippen molar-refractivity contribution in [1.82, 2.24) is 9.66 Å². The van der Waals surface area contributed by atoms with E-state index in [1.165, 1.54) is 6.07 Å². The zero-order valence-electron chi connectivity index (χ0n) is 9.45. The van der Waals surface area contributed by atoms with Crippen molar-refractivity contribution in [2.24, 2.45) is 0 Å². The number of H-pyrrole nitrogens is 1. The Labute approximate surface area is 107 Å². The van der Waals surface area contributed by atoms with Crippen LogP contribution in [0.4, 0.5) is 8.78 Å². The van der Waals surface area contributed by atoms with Crippen molar-refractivity contribution in [3.63, 3.8) is 0 Å². The van der Waals surface area contributed by atoms with Gasteiger partial charge in [-0.15, -0.1) is 0 Å². The maximum absolute atomic E-state index is 13.6. The van der Waals surface area contributed by atoms with Crippen LogP contribution in [-0.4, -0.2) is 36.0 Å². The summed E-state index contributed by atoms with van der Waals surface area (Å²) in [5.41, 5.74) is 0.646. The largest absolute Gasteiger partial charge is 0.378 e. The lowest BCUT2D eigenvalue weighted by atomic mass is 10.3. The summed E-state index contributed by atoms with van der Waals surface area (Å²) in [6, 6.07) is 2.12. The van der Waals surface area contributed by atoms with E-state index < -0.39 is 11.6 Å². The van der Waals surface area contributed by atoms with E-state index in [0.717, 1.165) is 6.07 Å². The summed E-state index contributed by atoms with van der Waals surface area (Å²) >= 11 is 5.17. The molecule has 0 amide bonds. The molecule has 0 spiro atoms. The average Bonchev–Trinajstić information content (AvgIpc) is 2.67. The van der Waals surface area contributed by atoms with E-state index in [1.54, 1.807) is 4.68 Å². The maximum Gasteiger partial charge on any atom is 0.197 e. The van der Waals surface area contributed by atoms with Crippen molar-refractivity contribution >= 4 is 23.3 Å². The number of aromatic nitrogens is 2. The Bertz CT molecular complexity index is 646. The highest BCUT2D eigenvalue weighted by Gasteiger charge is 2.17. The molecule has 0 aliphatic carbocycles. The molecule has 1 aliphatic heterocycles. The lowest BCUT2D eigenvalue weighted by Crippen LogP contribution is -2.43. The third-order valence-corrected chi connectivity index (χ3v) is 3.23. The van der Waals surface area contributed by atoms with Gasteiger partial charge < -0.3 is 14.7 Å². The zero-order chi connectivity index (χ0) is 12.7. The van der Waals surface area contributed by atoms with Gasteiger partial charge >= 0.3 is 0 Å². The van der Waals surface area contributed by atoms with Crippen molar-refractivity contribution in [3.05, 3.63) is 28.5 Å². The summed E-state index contributed by atoms with van der Waals surface area (Å²) in [6.07, 6.45) is 0. The Morgan fingerprint density at radius 3 is 2.67 bits per heavy atom. The lowest BCUT2D eigenvalue weighted by molar-refractivity contribution is 0.111. The second kappa shape index (κ2) is 4.33. The Balaban J connectivity index is 2.21. The van der Waals surface area contributed by atoms with E-state index in [9.17, 15) is 8.78 Å². The minimum absolute atomic E-state index is 0.230. The lowest BCUT2D eigenvalue weighted by Gasteiger charge is -2.29. The molecule has 2 aromatic rings. The van der Waals surface area contributed by atoms with Gasteiger partial charge in [-0.1, -0.05) is 0 Å². The maximum atomic E-state index is 13.6. The van der Waals surface area contributed by atoms with Gasteiger partial charge in [0.1, 0.15) is 11.3 Å². The first-order valence-electron chi connectivity index (χ1n) is 5.59. The van der Waals surface area contributed by atoms with Crippen molar-refractivity contribution in [1.29, 1.82) is 0 Å². The van der Waals surface area contributed by atoms with Gasteiger partial charge in [0, 0.05) is 12.1 Å². The summed E-state index contributed by atoms with van der Waals surface area (Å²) in [5.74, 6) is -1.25. The van der Waals surface area contributed by atoms with Crippen LogP contribution in [0.5, 0.6) is 0 Å². The molecule has 1 aromatic heterocycles. The van der Waals surface area contributed by atoms with E-state index in [1.807, 2.05) is 5.01 Å². The quantitative estimate of drug-likeness (QED) is 0.805. The molecule has 96 valence electrons. The van der Waals surface area contributed by atoms with Crippen LogP contribution in [0, 0.1) is 16.4 Å². The average molecular weight is 271 g/mol. The highest BCUT2D eigenvalue weighted by molar-refractivity contribution is 7.71. The van der Waals surface area contributed by atoms with Gasteiger partial charge in [-0.25, -0.2) is 13.5 Å². The molecule has 4 nitrogen and oxygen atoms in total. The van der Waals surface area contributed by atoms with E-state index in [0.29, 0.717) is 36.6 Å². The number of rotatable bonds is 1. The number of fused-ring (bicyclic) bond motifs is 1. The molecule has 0 unspecified atom stereocenters. The summed E-state index contributed by atoms with van der Waals surface area (Å²) in [5, 5.41) is 1.92. The van der Waals surface area contributed by atoms with Crippen LogP contribution in [0.1, 0.15) is 0 Å². The van der Waals surface area contributed by atoms with E-state index in [4.69, 9.17) is 17.0 Å². The Hall–Kier alpha value is -1.47. The minimum atomic E-state index is -0.636. The molecular formula is C11H11F2N3OS. The molecule has 0 saturated carbocycles. The van der Waals surface area contributed by atoms with Gasteiger partial charge in [0.05, 0.1) is 31.8 Å². The number of morpholine rings is 1. The van der Waals surface area contributed by atoms with Gasteiger partial charge in [0.2, 0.25) is 0 Å². The monoisotopic (exact) mass is 271 g/mol. The highest BCUT2D eigenvalue weighted by Crippen LogP contribution is 2.20. The molecule has 1 saturated heterocycles. The second-order valence-corrected chi connectivity index (χ2v) is 4.48. The van der Waals surface area contributed by atoms with Gasteiger partial charge in [0.25, 0.3) is 0 Å². The topological polar surface area (TPSA) is 33.2 Å². The molecular weight excluding hydrogens is 260 g/mol. The summed E-state index contributed by atoms with van der Waals surface area (Å²) in [4.78, 5) is 2.77. The molecule has 1 fully saturated rings. The Kier molecular flexibility index (Phi) is 2.79. The van der Waals surface area contributed by atoms with Crippen molar-refractivity contribution in [2.75, 3.05) is 31.3 Å². The molecule has 1 aromatic carbocycles. The number of halogens is 2. The molecule has 0 bridgehead atoms. The number of hydrogen-bond acceptors (Lipinski definition) is 3. The van der Waals surface area contributed by atoms with Crippen molar-refractivity contribution in [2.45, 2.75) is 0 Å². The normalized spacial score (nSPS) is 16.4. The number of nitrogens with one attached hydrogen (secondary N) is 1. The fourth-order valence-electron chi connectivity index (χ4n) is 2.15. The SMILES string of the molecule is Fc1cc(F)c2[nH]c(=S)n(N3CCOCC3)c2c1. The summed E-state index contributed by atoms with van der Waals surface area (Å²) < 4.78 is 34.2. The molecule has 18 heavy (non-hydrogen) atoms. The number of imidazole rings is 1. The standard InChI is InChI=1S/C11H11F2N3OS/c12-7-5-8(13)10-9(6-7)16(11(18)14-10)15-1-3-17-4-2-15/h5-6H,1-4H2,(H,14,18). The third-order valence-electron chi connectivity index (χ3n) is 2.96. The first-order valence-corrected chi connectivity index (χ1v) is 6.00. The predicted molar refractivity (Wildman–Crippen MR) is 65.8 cm³/mol. The predicted octanol–water partition coefficient (Wildman–Crippen LogP) is 1.95. The van der Waals surface area contributed by atoms with Gasteiger partial charge in [-0.2, -0.15) is 0 Å². The number of nitrogens with zero attached hydrogens (tertiary/aromatic N) is 2. The number of ether oxygens (including phenoxy) is 1. The Morgan fingerprint density at radius 2 is 1.94 bits per heavy atom. The van der Waals surface area contributed by atoms with Crippen LogP contribution >= 0.6 is 12.2 Å². The Morgan fingerprint density at radius 1 is 1.22 bits per heavy atom. The van der Waals surface area contributed by atoms with E-state index >= 15 is 0 Å². The molecule has 0 radical (unpaired) electrons. The number of aromatic amines is 1. The van der Waals surface area contributed by atoms with Crippen LogP contribution in [0.3, 0.4) is 0 Å². The highest BCUT2D eigenvalue weighted by atomic mass is 32.1. The summed E-state index contributed by atoms with van der Waals surface area (Å²) in [6.45, 7) is 2.43. The minimum Gasteiger partial charge on any atom is -0.378 e. The number of hydrogen-bond donors (Lipinski definition) is 1. The van der Waals surface area contributed by atoms with Gasteiger partial charge in [-0.05, 0) is 12.2 Å². The van der Waals surface area contributed by atoms with Crippen molar-refractivity contribution < 1.29 is 13.5 Å². The van der Waals surface area contributed by atoms with Crippen LogP contribution in [0.15, 0.2) is 12.1 Å². The molecule has 0 atom stereocenters. The fourth-order valence-corrected chi connectivity index (χ4v) is 2.47. The third kappa shape index (κ3) is 1.79. The fraction of sp³-hybridized carbons (Fsp3) is 0.364. The molecule has 3 rings (SSSR count). The van der Waals surface area contributed by atoms with Crippen LogP contribution in [-0.2, 0) is 4.74 Å². The van der Waals surface area contributed by atoms with Gasteiger partial charge in [-0.3, -0.25) is 0 Å².